The fraction of sp³-hybridized carbons (Fsp3) is 0.167. The molecule has 2 saturated heterocycles. The number of fused-ring (bicyclic) bond motifs is 1. The number of nitrogens with zero attached hydrogens (tertiary/aromatic N) is 2. The van der Waals surface area contributed by atoms with E-state index in [2.05, 4.69) is 0 Å². The molecule has 3 atom stereocenters. The van der Waals surface area contributed by atoms with Gasteiger partial charge in [0.15, 0.2) is 6.10 Å². The van der Waals surface area contributed by atoms with Gasteiger partial charge < -0.3 is 0 Å². The second-order valence-corrected chi connectivity index (χ2v) is 7.70. The van der Waals surface area contributed by atoms with Crippen molar-refractivity contribution >= 4 is 23.2 Å². The van der Waals surface area contributed by atoms with Gasteiger partial charge in [-0.15, -0.1) is 0 Å². The third-order valence-corrected chi connectivity index (χ3v) is 5.89. The van der Waals surface area contributed by atoms with Crippen LogP contribution in [0, 0.1) is 11.2 Å². The van der Waals surface area contributed by atoms with Crippen LogP contribution in [0.2, 0.25) is 0 Å². The van der Waals surface area contributed by atoms with Gasteiger partial charge in [0.25, 0.3) is 5.91 Å². The van der Waals surface area contributed by atoms with Gasteiger partial charge in [-0.2, -0.15) is 0 Å². The maximum atomic E-state index is 13.7. The number of hydrogen-bond acceptors (Lipinski definition) is 4. The number of rotatable bonds is 3. The van der Waals surface area contributed by atoms with Crippen molar-refractivity contribution in [3.05, 3.63) is 96.3 Å². The van der Waals surface area contributed by atoms with Crippen molar-refractivity contribution in [2.45, 2.75) is 19.1 Å². The number of para-hydroxylation sites is 1. The van der Waals surface area contributed by atoms with Crippen LogP contribution < -0.4 is 9.96 Å². The molecule has 0 aliphatic carbocycles. The average molecular weight is 402 g/mol. The van der Waals surface area contributed by atoms with Crippen molar-refractivity contribution in [3.8, 4) is 0 Å². The number of benzene rings is 3. The lowest BCUT2D eigenvalue weighted by Crippen LogP contribution is -2.41. The Bertz CT molecular complexity index is 1100. The molecule has 0 N–H and O–H groups in total. The molecule has 2 aliphatic rings. The van der Waals surface area contributed by atoms with Crippen LogP contribution in [0.1, 0.15) is 18.5 Å². The molecule has 0 spiro atoms. The normalized spacial score (nSPS) is 25.7. The second kappa shape index (κ2) is 6.78. The van der Waals surface area contributed by atoms with Crippen molar-refractivity contribution in [1.29, 1.82) is 0 Å². The van der Waals surface area contributed by atoms with Crippen LogP contribution in [0.25, 0.3) is 0 Å². The zero-order valence-corrected chi connectivity index (χ0v) is 16.2. The lowest BCUT2D eigenvalue weighted by Gasteiger charge is -2.32. The van der Waals surface area contributed by atoms with Gasteiger partial charge in [0.2, 0.25) is 5.91 Å². The molecule has 0 saturated carbocycles. The van der Waals surface area contributed by atoms with Gasteiger partial charge in [0, 0.05) is 0 Å². The first kappa shape index (κ1) is 18.5. The van der Waals surface area contributed by atoms with Crippen molar-refractivity contribution < 1.29 is 18.8 Å². The van der Waals surface area contributed by atoms with Gasteiger partial charge in [-0.3, -0.25) is 14.4 Å². The fourth-order valence-electron chi connectivity index (χ4n) is 4.40. The Labute approximate surface area is 173 Å². The number of carbonyl (C=O) groups is 2. The molecular formula is C24H19FN2O3. The summed E-state index contributed by atoms with van der Waals surface area (Å²) in [6, 6.07) is 23.8. The number of halogens is 1. The summed E-state index contributed by atoms with van der Waals surface area (Å²) in [7, 11) is 0. The minimum atomic E-state index is -1.15. The highest BCUT2D eigenvalue weighted by atomic mass is 19.1. The molecule has 0 bridgehead atoms. The molecular weight excluding hydrogens is 383 g/mol. The van der Waals surface area contributed by atoms with Gasteiger partial charge in [-0.25, -0.2) is 14.4 Å². The second-order valence-electron chi connectivity index (χ2n) is 7.70. The number of hydrogen-bond donors (Lipinski definition) is 0. The van der Waals surface area contributed by atoms with Gasteiger partial charge in [0.05, 0.1) is 17.4 Å². The van der Waals surface area contributed by atoms with E-state index in [0.717, 1.165) is 16.2 Å². The van der Waals surface area contributed by atoms with Crippen LogP contribution in [0.5, 0.6) is 0 Å². The Hall–Kier alpha value is -3.51. The molecule has 2 fully saturated rings. The van der Waals surface area contributed by atoms with Crippen molar-refractivity contribution in [3.63, 3.8) is 0 Å². The van der Waals surface area contributed by atoms with Crippen LogP contribution >= 0.6 is 0 Å². The third-order valence-electron chi connectivity index (χ3n) is 5.89. The highest BCUT2D eigenvalue weighted by molar-refractivity contribution is 6.25. The van der Waals surface area contributed by atoms with Gasteiger partial charge >= 0.3 is 0 Å². The van der Waals surface area contributed by atoms with Crippen molar-refractivity contribution in [2.24, 2.45) is 5.41 Å². The first-order valence-corrected chi connectivity index (χ1v) is 9.72. The molecule has 5 rings (SSSR count). The maximum absolute atomic E-state index is 13.7. The van der Waals surface area contributed by atoms with Gasteiger partial charge in [0.1, 0.15) is 11.2 Å². The van der Waals surface area contributed by atoms with E-state index in [-0.39, 0.29) is 5.91 Å². The monoisotopic (exact) mass is 402 g/mol. The van der Waals surface area contributed by atoms with Crippen LogP contribution in [0.3, 0.4) is 0 Å². The average Bonchev–Trinajstić information content (AvgIpc) is 3.19. The molecule has 3 aromatic rings. The SMILES string of the molecule is C[C@]12C(=O)N(c3ccc(F)cc3)C(=O)[C@H]1ON(c1ccccc1)[C@H]2c1ccccc1. The van der Waals surface area contributed by atoms with E-state index < -0.39 is 29.3 Å². The highest BCUT2D eigenvalue weighted by Crippen LogP contribution is 2.55. The van der Waals surface area contributed by atoms with E-state index in [1.165, 1.54) is 24.3 Å². The Kier molecular flexibility index (Phi) is 4.18. The molecule has 0 unspecified atom stereocenters. The van der Waals surface area contributed by atoms with Crippen LogP contribution in [0.15, 0.2) is 84.9 Å². The zero-order valence-electron chi connectivity index (χ0n) is 16.2. The molecule has 6 heteroatoms. The number of carbonyl (C=O) groups excluding carboxylic acids is 2. The Balaban J connectivity index is 1.63. The lowest BCUT2D eigenvalue weighted by molar-refractivity contribution is -0.128. The highest BCUT2D eigenvalue weighted by Gasteiger charge is 2.68. The molecule has 2 aliphatic heterocycles. The van der Waals surface area contributed by atoms with E-state index in [9.17, 15) is 14.0 Å². The summed E-state index contributed by atoms with van der Waals surface area (Å²) in [5.41, 5.74) is 0.816. The first-order valence-electron chi connectivity index (χ1n) is 9.72. The lowest BCUT2D eigenvalue weighted by atomic mass is 9.76. The van der Waals surface area contributed by atoms with Crippen LogP contribution in [-0.4, -0.2) is 17.9 Å². The molecule has 150 valence electrons. The summed E-state index contributed by atoms with van der Waals surface area (Å²) in [5, 5.41) is 1.66. The predicted molar refractivity (Wildman–Crippen MR) is 110 cm³/mol. The van der Waals surface area contributed by atoms with E-state index in [4.69, 9.17) is 4.84 Å². The Morgan fingerprint density at radius 2 is 1.43 bits per heavy atom. The standard InChI is InChI=1S/C24H19FN2O3/c1-24-20(16-8-4-2-5-9-16)27(19-10-6-3-7-11-19)30-21(24)22(28)26(23(24)29)18-14-12-17(25)13-15-18/h2-15,20-21H,1H3/t20-,21+,24+/m0/s1. The van der Waals surface area contributed by atoms with Crippen molar-refractivity contribution in [2.75, 3.05) is 9.96 Å². The molecule has 3 aromatic carbocycles. The summed E-state index contributed by atoms with van der Waals surface area (Å²) < 4.78 is 13.4. The van der Waals surface area contributed by atoms with Crippen molar-refractivity contribution in [1.82, 2.24) is 0 Å². The van der Waals surface area contributed by atoms with E-state index in [1.54, 1.807) is 12.0 Å². The third kappa shape index (κ3) is 2.57. The van der Waals surface area contributed by atoms with Gasteiger partial charge in [-0.1, -0.05) is 48.5 Å². The topological polar surface area (TPSA) is 49.9 Å². The molecule has 2 amide bonds. The first-order chi connectivity index (χ1) is 14.5. The molecule has 2 heterocycles. The molecule has 0 aromatic heterocycles. The van der Waals surface area contributed by atoms with E-state index in [1.807, 2.05) is 60.7 Å². The number of anilines is 2. The smallest absolute Gasteiger partial charge is 0.266 e. The Morgan fingerprint density at radius 3 is 2.07 bits per heavy atom. The maximum Gasteiger partial charge on any atom is 0.266 e. The van der Waals surface area contributed by atoms with Gasteiger partial charge in [-0.05, 0) is 48.9 Å². The summed E-state index contributed by atoms with van der Waals surface area (Å²) in [6.07, 6.45) is -0.986. The number of amides is 2. The largest absolute Gasteiger partial charge is 0.273 e. The zero-order chi connectivity index (χ0) is 20.9. The quantitative estimate of drug-likeness (QED) is 0.614. The number of imide groups is 1. The predicted octanol–water partition coefficient (Wildman–Crippen LogP) is 4.27. The van der Waals surface area contributed by atoms with Crippen LogP contribution in [-0.2, 0) is 14.4 Å². The van der Waals surface area contributed by atoms with Crippen LogP contribution in [0.4, 0.5) is 15.8 Å². The van der Waals surface area contributed by atoms with E-state index in [0.29, 0.717) is 5.69 Å². The summed E-state index contributed by atoms with van der Waals surface area (Å²) in [4.78, 5) is 34.2. The minimum Gasteiger partial charge on any atom is -0.273 e. The summed E-state index contributed by atoms with van der Waals surface area (Å²) >= 11 is 0. The minimum absolute atomic E-state index is 0.337. The molecule has 5 nitrogen and oxygen atoms in total. The fourth-order valence-corrected chi connectivity index (χ4v) is 4.40. The molecule has 30 heavy (non-hydrogen) atoms. The summed E-state index contributed by atoms with van der Waals surface area (Å²) in [5.74, 6) is -1.25. The van der Waals surface area contributed by atoms with E-state index >= 15 is 0 Å². The molecule has 0 radical (unpaired) electrons. The number of hydroxylamine groups is 1. The Morgan fingerprint density at radius 1 is 0.833 bits per heavy atom. The summed E-state index contributed by atoms with van der Waals surface area (Å²) in [6.45, 7) is 1.77.